The number of esters is 1. The van der Waals surface area contributed by atoms with E-state index < -0.39 is 10.8 Å². The second-order valence-electron chi connectivity index (χ2n) is 5.03. The van der Waals surface area contributed by atoms with E-state index in [9.17, 15) is 9.59 Å². The Hall–Kier alpha value is -0.580. The molecule has 0 amide bonds. The number of rotatable bonds is 5. The van der Waals surface area contributed by atoms with Gasteiger partial charge in [0.2, 0.25) is 0 Å². The lowest BCUT2D eigenvalue weighted by molar-refractivity contribution is -0.147. The van der Waals surface area contributed by atoms with Gasteiger partial charge in [-0.3, -0.25) is 9.59 Å². The van der Waals surface area contributed by atoms with Crippen LogP contribution in [0.3, 0.4) is 0 Å². The first-order valence-corrected chi connectivity index (χ1v) is 6.03. The minimum Gasteiger partial charge on any atom is -0.480 e. The van der Waals surface area contributed by atoms with Crippen LogP contribution in [-0.2, 0) is 14.3 Å². The van der Waals surface area contributed by atoms with E-state index in [1.54, 1.807) is 0 Å². The van der Waals surface area contributed by atoms with Gasteiger partial charge in [-0.15, -0.1) is 0 Å². The van der Waals surface area contributed by atoms with Crippen molar-refractivity contribution in [1.82, 2.24) is 0 Å². The number of carboxylic acid groups (broad SMARTS) is 1. The summed E-state index contributed by atoms with van der Waals surface area (Å²) in [5.41, 5.74) is -0.0376. The van der Waals surface area contributed by atoms with Crippen LogP contribution >= 0.6 is 15.9 Å². The third-order valence-electron chi connectivity index (χ3n) is 2.15. The number of carboxylic acids is 1. The van der Waals surface area contributed by atoms with Crippen molar-refractivity contribution in [3.05, 3.63) is 0 Å². The molecular weight excluding hydrogens is 276 g/mol. The SMILES string of the molecule is COC(=O)C(CC(Br)C(=O)O)CC(C)(C)C. The summed E-state index contributed by atoms with van der Waals surface area (Å²) in [4.78, 5) is 21.5. The average Bonchev–Trinajstić information content (AvgIpc) is 2.13. The molecule has 0 fully saturated rings. The highest BCUT2D eigenvalue weighted by Crippen LogP contribution is 2.29. The highest BCUT2D eigenvalue weighted by Gasteiger charge is 2.29. The fourth-order valence-corrected chi connectivity index (χ4v) is 1.97. The number of hydrogen-bond donors (Lipinski definition) is 1. The third-order valence-corrected chi connectivity index (χ3v) is 2.92. The van der Waals surface area contributed by atoms with E-state index in [0.29, 0.717) is 6.42 Å². The van der Waals surface area contributed by atoms with Crippen molar-refractivity contribution in [1.29, 1.82) is 0 Å². The van der Waals surface area contributed by atoms with Crippen molar-refractivity contribution in [2.45, 2.75) is 38.4 Å². The van der Waals surface area contributed by atoms with Gasteiger partial charge < -0.3 is 9.84 Å². The zero-order valence-electron chi connectivity index (χ0n) is 10.1. The molecule has 0 aliphatic rings. The van der Waals surface area contributed by atoms with Crippen LogP contribution in [0.25, 0.3) is 0 Å². The number of ether oxygens (including phenoxy) is 1. The molecule has 0 saturated heterocycles. The summed E-state index contributed by atoms with van der Waals surface area (Å²) in [5, 5.41) is 8.78. The van der Waals surface area contributed by atoms with E-state index in [2.05, 4.69) is 20.7 Å². The van der Waals surface area contributed by atoms with Crippen molar-refractivity contribution in [3.8, 4) is 0 Å². The van der Waals surface area contributed by atoms with E-state index in [1.807, 2.05) is 20.8 Å². The molecule has 4 nitrogen and oxygen atoms in total. The maximum absolute atomic E-state index is 11.5. The van der Waals surface area contributed by atoms with Gasteiger partial charge in [-0.2, -0.15) is 0 Å². The number of methoxy groups -OCH3 is 1. The van der Waals surface area contributed by atoms with E-state index in [4.69, 9.17) is 5.11 Å². The van der Waals surface area contributed by atoms with Crippen molar-refractivity contribution in [3.63, 3.8) is 0 Å². The lowest BCUT2D eigenvalue weighted by Crippen LogP contribution is -2.27. The molecule has 0 aliphatic heterocycles. The van der Waals surface area contributed by atoms with Gasteiger partial charge in [0, 0.05) is 0 Å². The summed E-state index contributed by atoms with van der Waals surface area (Å²) in [6.07, 6.45) is 0.855. The van der Waals surface area contributed by atoms with E-state index in [-0.39, 0.29) is 23.7 Å². The minimum absolute atomic E-state index is 0.0376. The van der Waals surface area contributed by atoms with E-state index in [1.165, 1.54) is 7.11 Å². The summed E-state index contributed by atoms with van der Waals surface area (Å²) < 4.78 is 4.69. The Balaban J connectivity index is 4.56. The Morgan fingerprint density at radius 1 is 1.38 bits per heavy atom. The van der Waals surface area contributed by atoms with Crippen LogP contribution < -0.4 is 0 Å². The van der Waals surface area contributed by atoms with Crippen LogP contribution in [0.5, 0.6) is 0 Å². The molecule has 94 valence electrons. The molecule has 2 atom stereocenters. The number of hydrogen-bond acceptors (Lipinski definition) is 3. The highest BCUT2D eigenvalue weighted by atomic mass is 79.9. The molecule has 0 radical (unpaired) electrons. The van der Waals surface area contributed by atoms with Crippen molar-refractivity contribution in [2.75, 3.05) is 7.11 Å². The zero-order valence-corrected chi connectivity index (χ0v) is 11.7. The molecular formula is C11H19BrO4. The molecule has 0 rings (SSSR count). The Morgan fingerprint density at radius 2 is 1.88 bits per heavy atom. The molecule has 0 aromatic rings. The number of aliphatic carboxylic acids is 1. The molecule has 0 saturated carbocycles. The van der Waals surface area contributed by atoms with Crippen LogP contribution in [0.4, 0.5) is 0 Å². The molecule has 16 heavy (non-hydrogen) atoms. The molecule has 0 heterocycles. The van der Waals surface area contributed by atoms with Crippen LogP contribution in [0.15, 0.2) is 0 Å². The first-order valence-electron chi connectivity index (χ1n) is 5.12. The lowest BCUT2D eigenvalue weighted by atomic mass is 9.82. The summed E-state index contributed by atoms with van der Waals surface area (Å²) in [7, 11) is 1.32. The first kappa shape index (κ1) is 15.4. The summed E-state index contributed by atoms with van der Waals surface area (Å²) in [5.74, 6) is -1.69. The predicted molar refractivity (Wildman–Crippen MR) is 64.5 cm³/mol. The Kier molecular flexibility index (Phi) is 6.00. The molecule has 0 bridgehead atoms. The zero-order chi connectivity index (χ0) is 12.9. The molecule has 0 aromatic heterocycles. The van der Waals surface area contributed by atoms with E-state index >= 15 is 0 Å². The van der Waals surface area contributed by atoms with Gasteiger partial charge >= 0.3 is 11.9 Å². The summed E-state index contributed by atoms with van der Waals surface area (Å²) >= 11 is 3.04. The van der Waals surface area contributed by atoms with Gasteiger partial charge in [0.1, 0.15) is 4.83 Å². The average molecular weight is 295 g/mol. The first-order chi connectivity index (χ1) is 7.17. The van der Waals surface area contributed by atoms with E-state index in [0.717, 1.165) is 0 Å². The largest absolute Gasteiger partial charge is 0.480 e. The smallest absolute Gasteiger partial charge is 0.317 e. The maximum Gasteiger partial charge on any atom is 0.317 e. The van der Waals surface area contributed by atoms with Gasteiger partial charge in [-0.25, -0.2) is 0 Å². The molecule has 0 aromatic carbocycles. The summed E-state index contributed by atoms with van der Waals surface area (Å²) in [6, 6.07) is 0. The monoisotopic (exact) mass is 294 g/mol. The van der Waals surface area contributed by atoms with Crippen LogP contribution in [0, 0.1) is 11.3 Å². The number of alkyl halides is 1. The fourth-order valence-electron chi connectivity index (χ4n) is 1.52. The van der Waals surface area contributed by atoms with Crippen molar-refractivity contribution in [2.24, 2.45) is 11.3 Å². The number of carbonyl (C=O) groups excluding carboxylic acids is 1. The van der Waals surface area contributed by atoms with Gasteiger partial charge in [-0.1, -0.05) is 36.7 Å². The second kappa shape index (κ2) is 6.23. The van der Waals surface area contributed by atoms with Crippen LogP contribution in [0.1, 0.15) is 33.6 Å². The van der Waals surface area contributed by atoms with Crippen molar-refractivity contribution < 1.29 is 19.4 Å². The Morgan fingerprint density at radius 3 is 2.19 bits per heavy atom. The lowest BCUT2D eigenvalue weighted by Gasteiger charge is -2.24. The Bertz CT molecular complexity index is 257. The molecule has 0 spiro atoms. The Labute approximate surface area is 104 Å². The van der Waals surface area contributed by atoms with Gasteiger partial charge in [-0.05, 0) is 18.3 Å². The quantitative estimate of drug-likeness (QED) is 0.625. The van der Waals surface area contributed by atoms with Crippen LogP contribution in [-0.4, -0.2) is 29.0 Å². The normalized spacial score (nSPS) is 15.3. The third kappa shape index (κ3) is 6.10. The van der Waals surface area contributed by atoms with Crippen molar-refractivity contribution >= 4 is 27.9 Å². The maximum atomic E-state index is 11.5. The molecule has 2 unspecified atom stereocenters. The van der Waals surface area contributed by atoms with Crippen LogP contribution in [0.2, 0.25) is 0 Å². The van der Waals surface area contributed by atoms with Gasteiger partial charge in [0.05, 0.1) is 13.0 Å². The standard InChI is InChI=1S/C11H19BrO4/c1-11(2,3)6-7(10(15)16-4)5-8(12)9(13)14/h7-8H,5-6H2,1-4H3,(H,13,14). The second-order valence-corrected chi connectivity index (χ2v) is 6.13. The molecule has 1 N–H and O–H groups in total. The summed E-state index contributed by atoms with van der Waals surface area (Å²) in [6.45, 7) is 6.02. The number of halogens is 1. The highest BCUT2D eigenvalue weighted by molar-refractivity contribution is 9.10. The molecule has 0 aliphatic carbocycles. The fraction of sp³-hybridized carbons (Fsp3) is 0.818. The predicted octanol–water partition coefficient (Wildman–Crippen LogP) is 2.45. The van der Waals surface area contributed by atoms with Gasteiger partial charge in [0.15, 0.2) is 0 Å². The number of carbonyl (C=O) groups is 2. The molecule has 5 heteroatoms. The van der Waals surface area contributed by atoms with Gasteiger partial charge in [0.25, 0.3) is 0 Å². The topological polar surface area (TPSA) is 63.6 Å². The minimum atomic E-state index is -0.956.